The second-order valence-corrected chi connectivity index (χ2v) is 10.1. The maximum atomic E-state index is 4.33. The minimum absolute atomic E-state index is 0.366. The number of rotatable bonds is 3. The summed E-state index contributed by atoms with van der Waals surface area (Å²) >= 11 is 0. The summed E-state index contributed by atoms with van der Waals surface area (Å²) in [6, 6.07) is 22.3. The zero-order chi connectivity index (χ0) is 23.9. The number of benzene rings is 2. The molecule has 0 fully saturated rings. The highest BCUT2D eigenvalue weighted by Gasteiger charge is 2.33. The van der Waals surface area contributed by atoms with Crippen LogP contribution in [0.4, 0.5) is 0 Å². The van der Waals surface area contributed by atoms with E-state index in [-0.39, 0.29) is 0 Å². The zero-order valence-corrected chi connectivity index (χ0v) is 20.4. The average Bonchev–Trinajstić information content (AvgIpc) is 2.96. The van der Waals surface area contributed by atoms with Crippen molar-refractivity contribution in [2.24, 2.45) is 11.8 Å². The van der Waals surface area contributed by atoms with Gasteiger partial charge in [0, 0.05) is 24.2 Å². The standard InChI is InChI=1S/C35H29N/c1-2-12-28-25(9-1)10-7-17-29(28)35-32-15-5-3-13-30(32)34(31-14-4-6-16-33(31)35)26-20-18-24(19-21-26)27-11-8-22-36-23-27/h1-6,8-16,18,20,22-23,30,32H,7,17,19,21H2. The summed E-state index contributed by atoms with van der Waals surface area (Å²) in [5.41, 5.74) is 8.67. The predicted molar refractivity (Wildman–Crippen MR) is 150 cm³/mol. The van der Waals surface area contributed by atoms with Crippen LogP contribution in [-0.2, 0) is 0 Å². The highest BCUT2D eigenvalue weighted by molar-refractivity contribution is 5.94. The van der Waals surface area contributed by atoms with Crippen molar-refractivity contribution in [2.75, 3.05) is 0 Å². The SMILES string of the molecule is C1=CC2C(C3=CC=C(c4cccnc4)CC3)=c3ccccc3=C(C3=c4ccccc4=CCC3)C2C=C1. The van der Waals surface area contributed by atoms with Crippen LogP contribution >= 0.6 is 0 Å². The molecular formula is C35H29N. The van der Waals surface area contributed by atoms with Gasteiger partial charge in [0.15, 0.2) is 0 Å². The first-order valence-electron chi connectivity index (χ1n) is 13.2. The predicted octanol–water partition coefficient (Wildman–Crippen LogP) is 4.98. The van der Waals surface area contributed by atoms with Crippen LogP contribution in [0.2, 0.25) is 0 Å². The lowest BCUT2D eigenvalue weighted by Gasteiger charge is -2.36. The highest BCUT2D eigenvalue weighted by atomic mass is 14.6. The van der Waals surface area contributed by atoms with Crippen molar-refractivity contribution in [1.29, 1.82) is 0 Å². The van der Waals surface area contributed by atoms with Crippen molar-refractivity contribution < 1.29 is 0 Å². The van der Waals surface area contributed by atoms with E-state index in [1.54, 1.807) is 0 Å². The summed E-state index contributed by atoms with van der Waals surface area (Å²) < 4.78 is 0. The summed E-state index contributed by atoms with van der Waals surface area (Å²) in [5.74, 6) is 0.732. The molecule has 36 heavy (non-hydrogen) atoms. The van der Waals surface area contributed by atoms with Crippen LogP contribution in [0.15, 0.2) is 115 Å². The summed E-state index contributed by atoms with van der Waals surface area (Å²) in [4.78, 5) is 4.33. The molecule has 0 N–H and O–H groups in total. The normalized spacial score (nSPS) is 22.2. The van der Waals surface area contributed by atoms with Gasteiger partial charge in [0.1, 0.15) is 0 Å². The number of aromatic nitrogens is 1. The van der Waals surface area contributed by atoms with Crippen LogP contribution in [0.25, 0.3) is 28.4 Å². The number of hydrogen-bond acceptors (Lipinski definition) is 1. The Balaban J connectivity index is 1.50. The van der Waals surface area contributed by atoms with Crippen molar-refractivity contribution in [3.63, 3.8) is 0 Å². The molecule has 1 nitrogen and oxygen atoms in total. The van der Waals surface area contributed by atoms with Gasteiger partial charge in [-0.15, -0.1) is 0 Å². The van der Waals surface area contributed by atoms with E-state index >= 15 is 0 Å². The Morgan fingerprint density at radius 2 is 1.33 bits per heavy atom. The molecule has 1 heteroatoms. The Hall–Kier alpha value is -3.97. The van der Waals surface area contributed by atoms with Gasteiger partial charge in [-0.2, -0.15) is 0 Å². The first kappa shape index (κ1) is 21.3. The van der Waals surface area contributed by atoms with Gasteiger partial charge >= 0.3 is 0 Å². The molecule has 174 valence electrons. The van der Waals surface area contributed by atoms with Gasteiger partial charge in [-0.1, -0.05) is 97.1 Å². The van der Waals surface area contributed by atoms with Gasteiger partial charge in [0.2, 0.25) is 0 Å². The smallest absolute Gasteiger partial charge is 0.0343 e. The van der Waals surface area contributed by atoms with Crippen LogP contribution in [0.1, 0.15) is 31.2 Å². The van der Waals surface area contributed by atoms with Gasteiger partial charge in [0.05, 0.1) is 0 Å². The number of allylic oxidation sites excluding steroid dienone is 8. The Morgan fingerprint density at radius 3 is 2.08 bits per heavy atom. The molecule has 0 saturated carbocycles. The van der Waals surface area contributed by atoms with Gasteiger partial charge in [-0.25, -0.2) is 0 Å². The second kappa shape index (κ2) is 8.91. The van der Waals surface area contributed by atoms with E-state index in [1.165, 1.54) is 54.3 Å². The van der Waals surface area contributed by atoms with E-state index in [4.69, 9.17) is 0 Å². The third-order valence-corrected chi connectivity index (χ3v) is 8.21. The largest absolute Gasteiger partial charge is 0.264 e. The molecule has 0 aliphatic heterocycles. The van der Waals surface area contributed by atoms with Gasteiger partial charge < -0.3 is 0 Å². The highest BCUT2D eigenvalue weighted by Crippen LogP contribution is 2.43. The summed E-state index contributed by atoms with van der Waals surface area (Å²) in [7, 11) is 0. The van der Waals surface area contributed by atoms with Crippen molar-refractivity contribution in [3.8, 4) is 0 Å². The monoisotopic (exact) mass is 463 g/mol. The van der Waals surface area contributed by atoms with Crippen LogP contribution in [0, 0.1) is 11.8 Å². The molecule has 7 rings (SSSR count). The van der Waals surface area contributed by atoms with Crippen LogP contribution < -0.4 is 20.9 Å². The van der Waals surface area contributed by atoms with Gasteiger partial charge in [-0.05, 0) is 86.1 Å². The van der Waals surface area contributed by atoms with E-state index in [1.807, 2.05) is 18.5 Å². The molecule has 0 spiro atoms. The maximum Gasteiger partial charge on any atom is 0.0343 e. The Labute approximate surface area is 212 Å². The minimum atomic E-state index is 0.366. The molecule has 3 aromatic rings. The third-order valence-electron chi connectivity index (χ3n) is 8.21. The lowest BCUT2D eigenvalue weighted by Crippen LogP contribution is -2.42. The molecule has 0 amide bonds. The summed E-state index contributed by atoms with van der Waals surface area (Å²) in [5, 5.41) is 5.63. The molecule has 2 aromatic carbocycles. The van der Waals surface area contributed by atoms with E-state index in [9.17, 15) is 0 Å². The molecule has 2 unspecified atom stereocenters. The van der Waals surface area contributed by atoms with Crippen LogP contribution in [-0.4, -0.2) is 4.98 Å². The van der Waals surface area contributed by atoms with Crippen LogP contribution in [0.5, 0.6) is 0 Å². The lowest BCUT2D eigenvalue weighted by atomic mass is 9.68. The quantitative estimate of drug-likeness (QED) is 0.534. The molecule has 4 aliphatic carbocycles. The average molecular weight is 464 g/mol. The second-order valence-electron chi connectivity index (χ2n) is 10.1. The molecule has 4 aliphatic rings. The number of nitrogens with zero attached hydrogens (tertiary/aromatic N) is 1. The van der Waals surface area contributed by atoms with E-state index in [0.717, 1.165) is 25.7 Å². The first-order chi connectivity index (χ1) is 17.9. The Morgan fingerprint density at radius 1 is 0.639 bits per heavy atom. The van der Waals surface area contributed by atoms with Gasteiger partial charge in [-0.3, -0.25) is 4.98 Å². The summed E-state index contributed by atoms with van der Waals surface area (Å²) in [6.07, 6.45) is 24.7. The van der Waals surface area contributed by atoms with Crippen molar-refractivity contribution in [2.45, 2.75) is 25.7 Å². The number of fused-ring (bicyclic) bond motifs is 3. The van der Waals surface area contributed by atoms with Crippen molar-refractivity contribution in [3.05, 3.63) is 142 Å². The van der Waals surface area contributed by atoms with Gasteiger partial charge in [0.25, 0.3) is 0 Å². The number of pyridine rings is 1. The van der Waals surface area contributed by atoms with E-state index in [0.29, 0.717) is 11.8 Å². The fraction of sp³-hybridized carbons (Fsp3) is 0.171. The Kier molecular flexibility index (Phi) is 5.28. The number of hydrogen-bond donors (Lipinski definition) is 0. The Bertz CT molecular complexity index is 1730. The molecule has 0 saturated heterocycles. The fourth-order valence-electron chi connectivity index (χ4n) is 6.61. The topological polar surface area (TPSA) is 12.9 Å². The van der Waals surface area contributed by atoms with Crippen molar-refractivity contribution in [1.82, 2.24) is 4.98 Å². The first-order valence-corrected chi connectivity index (χ1v) is 13.2. The molecule has 0 radical (unpaired) electrons. The summed E-state index contributed by atoms with van der Waals surface area (Å²) in [6.45, 7) is 0. The minimum Gasteiger partial charge on any atom is -0.264 e. The lowest BCUT2D eigenvalue weighted by molar-refractivity contribution is 0.681. The maximum absolute atomic E-state index is 4.33. The molecule has 0 bridgehead atoms. The van der Waals surface area contributed by atoms with Crippen LogP contribution in [0.3, 0.4) is 0 Å². The zero-order valence-electron chi connectivity index (χ0n) is 20.4. The van der Waals surface area contributed by atoms with E-state index < -0.39 is 0 Å². The molecule has 2 atom stereocenters. The van der Waals surface area contributed by atoms with Crippen molar-refractivity contribution >= 4 is 28.4 Å². The molecular weight excluding hydrogens is 434 g/mol. The molecule has 1 heterocycles. The third kappa shape index (κ3) is 3.50. The fourth-order valence-corrected chi connectivity index (χ4v) is 6.61. The molecule has 1 aromatic heterocycles. The van der Waals surface area contributed by atoms with E-state index in [2.05, 4.69) is 102 Å².